The Bertz CT molecular complexity index is 995. The molecule has 8 nitrogen and oxygen atoms in total. The zero-order chi connectivity index (χ0) is 22.5. The van der Waals surface area contributed by atoms with Gasteiger partial charge < -0.3 is 25.3 Å². The molecule has 2 heterocycles. The van der Waals surface area contributed by atoms with Crippen molar-refractivity contribution < 1.29 is 28.6 Å². The van der Waals surface area contributed by atoms with Crippen molar-refractivity contribution in [3.8, 4) is 5.75 Å². The predicted molar refractivity (Wildman–Crippen MR) is 119 cm³/mol. The van der Waals surface area contributed by atoms with Gasteiger partial charge in [-0.1, -0.05) is 0 Å². The van der Waals surface area contributed by atoms with Gasteiger partial charge in [0.05, 0.1) is 17.2 Å². The van der Waals surface area contributed by atoms with Crippen molar-refractivity contribution in [2.45, 2.75) is 44.6 Å². The summed E-state index contributed by atoms with van der Waals surface area (Å²) in [7, 11) is 0. The van der Waals surface area contributed by atoms with E-state index in [1.54, 1.807) is 24.3 Å². The van der Waals surface area contributed by atoms with Gasteiger partial charge in [0.25, 0.3) is 11.8 Å². The van der Waals surface area contributed by atoms with Crippen molar-refractivity contribution in [1.29, 1.82) is 0 Å². The summed E-state index contributed by atoms with van der Waals surface area (Å²) in [6.45, 7) is 0.783. The van der Waals surface area contributed by atoms with Crippen LogP contribution in [-0.2, 0) is 27.1 Å². The Morgan fingerprint density at radius 1 is 1.12 bits per heavy atom. The first-order valence-corrected chi connectivity index (χ1v) is 11.6. The Morgan fingerprint density at radius 2 is 1.91 bits per heavy atom. The number of thiophene rings is 1. The van der Waals surface area contributed by atoms with Crippen LogP contribution in [0.4, 0.5) is 5.00 Å². The highest BCUT2D eigenvalue weighted by molar-refractivity contribution is 7.17. The van der Waals surface area contributed by atoms with Gasteiger partial charge in [-0.05, 0) is 68.4 Å². The van der Waals surface area contributed by atoms with E-state index in [4.69, 9.17) is 19.9 Å². The third-order valence-corrected chi connectivity index (χ3v) is 6.76. The zero-order valence-corrected chi connectivity index (χ0v) is 18.5. The highest BCUT2D eigenvalue weighted by atomic mass is 32.1. The molecule has 2 aromatic rings. The van der Waals surface area contributed by atoms with E-state index in [0.717, 1.165) is 55.6 Å². The molecule has 2 amide bonds. The maximum absolute atomic E-state index is 12.3. The fraction of sp³-hybridized carbons (Fsp3) is 0.435. The summed E-state index contributed by atoms with van der Waals surface area (Å²) in [4.78, 5) is 37.6. The monoisotopic (exact) mass is 458 g/mol. The molecule has 2 aliphatic rings. The quantitative estimate of drug-likeness (QED) is 0.587. The van der Waals surface area contributed by atoms with Gasteiger partial charge in [0, 0.05) is 11.5 Å². The first kappa shape index (κ1) is 22.3. The number of rotatable bonds is 8. The van der Waals surface area contributed by atoms with Gasteiger partial charge in [-0.15, -0.1) is 11.3 Å². The lowest BCUT2D eigenvalue weighted by Gasteiger charge is -2.12. The van der Waals surface area contributed by atoms with Crippen LogP contribution in [0.5, 0.6) is 5.75 Å². The standard InChI is InChI=1S/C23H26N2O6S/c24-21(27)20-17-5-1-2-6-18(17)32-22(20)25-19(26)13-31-23(28)14-7-9-15(10-8-14)30-12-16-4-3-11-29-16/h7-10,16H,1-6,11-13H2,(H2,24,27)(H,25,26). The zero-order valence-electron chi connectivity index (χ0n) is 17.7. The minimum Gasteiger partial charge on any atom is -0.491 e. The molecule has 1 aliphatic carbocycles. The minimum atomic E-state index is -0.619. The molecule has 1 aromatic carbocycles. The Morgan fingerprint density at radius 3 is 2.62 bits per heavy atom. The molecule has 3 N–H and O–H groups in total. The maximum Gasteiger partial charge on any atom is 0.338 e. The summed E-state index contributed by atoms with van der Waals surface area (Å²) in [5.74, 6) is -1.06. The van der Waals surface area contributed by atoms with Crippen molar-refractivity contribution >= 4 is 34.1 Å². The van der Waals surface area contributed by atoms with Crippen LogP contribution in [0.2, 0.25) is 0 Å². The second kappa shape index (κ2) is 10.1. The normalized spacial score (nSPS) is 17.4. The molecule has 1 saturated heterocycles. The molecule has 4 rings (SSSR count). The number of anilines is 1. The number of amides is 2. The molecular formula is C23H26N2O6S. The molecule has 0 bridgehead atoms. The average Bonchev–Trinajstić information content (AvgIpc) is 3.43. The van der Waals surface area contributed by atoms with Gasteiger partial charge in [0.15, 0.2) is 6.61 Å². The van der Waals surface area contributed by atoms with Crippen LogP contribution < -0.4 is 15.8 Å². The van der Waals surface area contributed by atoms with Crippen LogP contribution >= 0.6 is 11.3 Å². The number of nitrogens with one attached hydrogen (secondary N) is 1. The van der Waals surface area contributed by atoms with Crippen LogP contribution in [0.1, 0.15) is 56.8 Å². The number of nitrogens with two attached hydrogens (primary N) is 1. The highest BCUT2D eigenvalue weighted by Crippen LogP contribution is 2.37. The third kappa shape index (κ3) is 5.28. The fourth-order valence-corrected chi connectivity index (χ4v) is 5.25. The van der Waals surface area contributed by atoms with Crippen LogP contribution in [0, 0.1) is 0 Å². The SMILES string of the molecule is NC(=O)c1c(NC(=O)COC(=O)c2ccc(OCC3CCCO3)cc2)sc2c1CCCC2. The number of carbonyl (C=O) groups excluding carboxylic acids is 3. The van der Waals surface area contributed by atoms with E-state index >= 15 is 0 Å². The van der Waals surface area contributed by atoms with Crippen molar-refractivity contribution in [1.82, 2.24) is 0 Å². The molecule has 1 fully saturated rings. The number of fused-ring (bicyclic) bond motifs is 1. The number of hydrogen-bond acceptors (Lipinski definition) is 7. The molecular weight excluding hydrogens is 432 g/mol. The number of aryl methyl sites for hydroxylation is 1. The summed E-state index contributed by atoms with van der Waals surface area (Å²) in [6, 6.07) is 6.54. The van der Waals surface area contributed by atoms with Crippen LogP contribution in [0.25, 0.3) is 0 Å². The molecule has 0 spiro atoms. The lowest BCUT2D eigenvalue weighted by atomic mass is 9.95. The molecule has 1 atom stereocenters. The molecule has 1 aliphatic heterocycles. The van der Waals surface area contributed by atoms with Crippen LogP contribution in [0.3, 0.4) is 0 Å². The van der Waals surface area contributed by atoms with E-state index in [-0.39, 0.29) is 6.10 Å². The van der Waals surface area contributed by atoms with Crippen molar-refractivity contribution in [3.05, 3.63) is 45.8 Å². The fourth-order valence-electron chi connectivity index (χ4n) is 3.94. The molecule has 9 heteroatoms. The Hall–Kier alpha value is -2.91. The van der Waals surface area contributed by atoms with Gasteiger partial charge in [0.2, 0.25) is 0 Å². The van der Waals surface area contributed by atoms with E-state index in [9.17, 15) is 14.4 Å². The number of benzene rings is 1. The van der Waals surface area contributed by atoms with Gasteiger partial charge in [-0.2, -0.15) is 0 Å². The molecule has 0 radical (unpaired) electrons. The van der Waals surface area contributed by atoms with Gasteiger partial charge in [-0.25, -0.2) is 4.79 Å². The smallest absolute Gasteiger partial charge is 0.338 e. The second-order valence-corrected chi connectivity index (χ2v) is 8.98. The maximum atomic E-state index is 12.3. The molecule has 1 unspecified atom stereocenters. The van der Waals surface area contributed by atoms with Crippen molar-refractivity contribution in [2.24, 2.45) is 5.73 Å². The first-order valence-electron chi connectivity index (χ1n) is 10.8. The van der Waals surface area contributed by atoms with Crippen molar-refractivity contribution in [2.75, 3.05) is 25.1 Å². The highest BCUT2D eigenvalue weighted by Gasteiger charge is 2.25. The molecule has 0 saturated carbocycles. The van der Waals surface area contributed by atoms with Gasteiger partial charge in [-0.3, -0.25) is 9.59 Å². The first-order chi connectivity index (χ1) is 15.5. The van der Waals surface area contributed by atoms with Crippen LogP contribution in [-0.4, -0.2) is 43.7 Å². The average molecular weight is 459 g/mol. The lowest BCUT2D eigenvalue weighted by molar-refractivity contribution is -0.119. The number of ether oxygens (including phenoxy) is 3. The number of hydrogen-bond donors (Lipinski definition) is 2. The number of esters is 1. The predicted octanol–water partition coefficient (Wildman–Crippen LogP) is 3.08. The van der Waals surface area contributed by atoms with Crippen LogP contribution in [0.15, 0.2) is 24.3 Å². The Kier molecular flexibility index (Phi) is 7.06. The third-order valence-electron chi connectivity index (χ3n) is 5.55. The summed E-state index contributed by atoms with van der Waals surface area (Å²) < 4.78 is 16.3. The lowest BCUT2D eigenvalue weighted by Crippen LogP contribution is -2.23. The van der Waals surface area contributed by atoms with Gasteiger partial charge >= 0.3 is 5.97 Å². The summed E-state index contributed by atoms with van der Waals surface area (Å²) in [5.41, 5.74) is 7.16. The van der Waals surface area contributed by atoms with E-state index in [1.165, 1.54) is 11.3 Å². The van der Waals surface area contributed by atoms with E-state index in [1.807, 2.05) is 0 Å². The van der Waals surface area contributed by atoms with Gasteiger partial charge in [0.1, 0.15) is 17.4 Å². The number of carbonyl (C=O) groups is 3. The molecule has 32 heavy (non-hydrogen) atoms. The topological polar surface area (TPSA) is 117 Å². The number of primary amides is 1. The van der Waals surface area contributed by atoms with E-state index in [2.05, 4.69) is 5.32 Å². The van der Waals surface area contributed by atoms with E-state index in [0.29, 0.717) is 28.5 Å². The summed E-state index contributed by atoms with van der Waals surface area (Å²) in [5, 5.41) is 3.11. The second-order valence-electron chi connectivity index (χ2n) is 7.87. The molecule has 170 valence electrons. The minimum absolute atomic E-state index is 0.113. The summed E-state index contributed by atoms with van der Waals surface area (Å²) in [6.07, 6.45) is 5.84. The Labute approximate surface area is 190 Å². The molecule has 1 aromatic heterocycles. The van der Waals surface area contributed by atoms with Crippen molar-refractivity contribution in [3.63, 3.8) is 0 Å². The summed E-state index contributed by atoms with van der Waals surface area (Å²) >= 11 is 1.37. The van der Waals surface area contributed by atoms with E-state index < -0.39 is 24.4 Å². The largest absolute Gasteiger partial charge is 0.491 e. The Balaban J connectivity index is 1.29.